The topological polar surface area (TPSA) is 26.3 Å². The maximum atomic E-state index is 10.3. The van der Waals surface area contributed by atoms with E-state index in [1.165, 1.54) is 0 Å². The molecule has 7 heavy (non-hydrogen) atoms. The fourth-order valence-corrected chi connectivity index (χ4v) is 0.858. The summed E-state index contributed by atoms with van der Waals surface area (Å²) in [6, 6.07) is 0. The first-order chi connectivity index (χ1) is 3.34. The van der Waals surface area contributed by atoms with Gasteiger partial charge in [0.05, 0.1) is 0 Å². The van der Waals surface area contributed by atoms with Gasteiger partial charge in [-0.2, -0.15) is 0 Å². The van der Waals surface area contributed by atoms with Gasteiger partial charge in [-0.05, 0) is 0 Å². The van der Waals surface area contributed by atoms with Crippen LogP contribution >= 0.6 is 24.7 Å². The molecule has 1 rings (SSSR count). The van der Waals surface area contributed by atoms with E-state index in [0.717, 1.165) is 5.75 Å². The minimum absolute atomic E-state index is 0.0949. The molecule has 0 aromatic carbocycles. The molecule has 1 heterocycles. The molecule has 40 valence electrons. The predicted molar refractivity (Wildman–Crippen MR) is 31.3 cm³/mol. The second kappa shape index (κ2) is 1.96. The van der Waals surface area contributed by atoms with Gasteiger partial charge in [-0.1, -0.05) is 0 Å². The standard InChI is InChI=1S/C3H4O2S2/c4-3(5-6)2-1-7-2/h2,6H,1H2. The van der Waals surface area contributed by atoms with Crippen molar-refractivity contribution in [2.75, 3.05) is 5.75 Å². The van der Waals surface area contributed by atoms with Crippen molar-refractivity contribution in [3.8, 4) is 0 Å². The Balaban J connectivity index is 2.24. The van der Waals surface area contributed by atoms with Crippen LogP contribution in [0.4, 0.5) is 0 Å². The third kappa shape index (κ3) is 1.28. The van der Waals surface area contributed by atoms with Gasteiger partial charge in [-0.15, -0.1) is 11.8 Å². The molecule has 0 aromatic rings. The monoisotopic (exact) mass is 136 g/mol. The third-order valence-corrected chi connectivity index (χ3v) is 1.73. The molecule has 1 unspecified atom stereocenters. The second-order valence-corrected chi connectivity index (χ2v) is 2.65. The fourth-order valence-electron chi connectivity index (χ4n) is 0.243. The van der Waals surface area contributed by atoms with E-state index >= 15 is 0 Å². The van der Waals surface area contributed by atoms with Crippen LogP contribution in [0.25, 0.3) is 0 Å². The summed E-state index contributed by atoms with van der Waals surface area (Å²) in [5.74, 6) is 0.688. The second-order valence-electron chi connectivity index (χ2n) is 1.23. The Labute approximate surface area is 51.2 Å². The molecule has 1 aliphatic heterocycles. The van der Waals surface area contributed by atoms with Crippen molar-refractivity contribution < 1.29 is 8.98 Å². The van der Waals surface area contributed by atoms with Crippen molar-refractivity contribution in [1.82, 2.24) is 0 Å². The zero-order valence-electron chi connectivity index (χ0n) is 3.46. The molecule has 2 nitrogen and oxygen atoms in total. The lowest BCUT2D eigenvalue weighted by atomic mass is 10.5. The first kappa shape index (κ1) is 5.31. The van der Waals surface area contributed by atoms with Crippen LogP contribution in [0, 0.1) is 0 Å². The Morgan fingerprint density at radius 2 is 2.57 bits per heavy atom. The van der Waals surface area contributed by atoms with Crippen molar-refractivity contribution >= 4 is 30.6 Å². The zero-order chi connectivity index (χ0) is 5.28. The van der Waals surface area contributed by atoms with Crippen molar-refractivity contribution in [2.45, 2.75) is 5.25 Å². The van der Waals surface area contributed by atoms with E-state index in [0.29, 0.717) is 0 Å². The van der Waals surface area contributed by atoms with Crippen LogP contribution in [0.15, 0.2) is 0 Å². The lowest BCUT2D eigenvalue weighted by Crippen LogP contribution is -2.03. The van der Waals surface area contributed by atoms with Crippen molar-refractivity contribution in [1.29, 1.82) is 0 Å². The molecule has 1 saturated heterocycles. The quantitative estimate of drug-likeness (QED) is 0.323. The van der Waals surface area contributed by atoms with E-state index in [2.05, 4.69) is 17.1 Å². The number of hydrogen-bond acceptors (Lipinski definition) is 4. The first-order valence-corrected chi connectivity index (χ1v) is 3.23. The van der Waals surface area contributed by atoms with E-state index < -0.39 is 0 Å². The summed E-state index contributed by atoms with van der Waals surface area (Å²) in [7, 11) is 0. The van der Waals surface area contributed by atoms with Gasteiger partial charge >= 0.3 is 5.97 Å². The lowest BCUT2D eigenvalue weighted by Gasteiger charge is -1.85. The molecule has 4 heteroatoms. The molecule has 1 atom stereocenters. The Hall–Kier alpha value is 0.170. The highest BCUT2D eigenvalue weighted by atomic mass is 32.2. The van der Waals surface area contributed by atoms with E-state index in [4.69, 9.17) is 0 Å². The highest BCUT2D eigenvalue weighted by molar-refractivity contribution is 8.07. The van der Waals surface area contributed by atoms with Gasteiger partial charge in [0.1, 0.15) is 5.25 Å². The van der Waals surface area contributed by atoms with Gasteiger partial charge in [-0.25, -0.2) is 4.79 Å². The molecule has 0 amide bonds. The Bertz CT molecular complexity index is 88.9. The van der Waals surface area contributed by atoms with Gasteiger partial charge in [0, 0.05) is 18.7 Å². The fraction of sp³-hybridized carbons (Fsp3) is 0.667. The molecule has 1 aliphatic rings. The predicted octanol–water partition coefficient (Wildman–Crippen LogP) is 0.490. The van der Waals surface area contributed by atoms with Crippen molar-refractivity contribution in [3.63, 3.8) is 0 Å². The zero-order valence-corrected chi connectivity index (χ0v) is 5.17. The molecule has 0 N–H and O–H groups in total. The first-order valence-electron chi connectivity index (χ1n) is 1.81. The van der Waals surface area contributed by atoms with Crippen LogP contribution in [-0.4, -0.2) is 17.0 Å². The molecule has 0 bridgehead atoms. The van der Waals surface area contributed by atoms with Gasteiger partial charge in [0.25, 0.3) is 0 Å². The molecular formula is C3H4O2S2. The largest absolute Gasteiger partial charge is 0.394 e. The number of thioether (sulfide) groups is 1. The average Bonchev–Trinajstić information content (AvgIpc) is 2.44. The number of carbonyl (C=O) groups is 1. The summed E-state index contributed by atoms with van der Waals surface area (Å²) >= 11 is 4.91. The maximum absolute atomic E-state index is 10.3. The van der Waals surface area contributed by atoms with Gasteiger partial charge in [0.15, 0.2) is 0 Å². The highest BCUT2D eigenvalue weighted by Gasteiger charge is 2.31. The molecular weight excluding hydrogens is 132 g/mol. The van der Waals surface area contributed by atoms with Gasteiger partial charge in [-0.3, -0.25) is 0 Å². The number of rotatable bonds is 1. The van der Waals surface area contributed by atoms with Crippen LogP contribution in [0.2, 0.25) is 0 Å². The van der Waals surface area contributed by atoms with E-state index in [1.807, 2.05) is 0 Å². The van der Waals surface area contributed by atoms with E-state index in [9.17, 15) is 4.79 Å². The highest BCUT2D eigenvalue weighted by Crippen LogP contribution is 2.31. The van der Waals surface area contributed by atoms with Gasteiger partial charge in [0.2, 0.25) is 0 Å². The van der Waals surface area contributed by atoms with Gasteiger partial charge < -0.3 is 4.18 Å². The number of carbonyl (C=O) groups excluding carboxylic acids is 1. The normalized spacial score (nSPS) is 26.7. The van der Waals surface area contributed by atoms with Crippen molar-refractivity contribution in [3.05, 3.63) is 0 Å². The van der Waals surface area contributed by atoms with Crippen LogP contribution in [0.3, 0.4) is 0 Å². The molecule has 0 aromatic heterocycles. The van der Waals surface area contributed by atoms with Crippen molar-refractivity contribution in [2.24, 2.45) is 0 Å². The van der Waals surface area contributed by atoms with E-state index in [1.54, 1.807) is 11.8 Å². The van der Waals surface area contributed by atoms with Crippen LogP contribution in [-0.2, 0) is 8.98 Å². The summed E-state index contributed by atoms with van der Waals surface area (Å²) < 4.78 is 4.11. The summed E-state index contributed by atoms with van der Waals surface area (Å²) in [5.41, 5.74) is 0. The molecule has 0 spiro atoms. The Morgan fingerprint density at radius 1 is 2.00 bits per heavy atom. The average molecular weight is 136 g/mol. The SMILES string of the molecule is O=C(OS)C1CS1. The molecule has 0 aliphatic carbocycles. The van der Waals surface area contributed by atoms with Crippen LogP contribution in [0.5, 0.6) is 0 Å². The number of thiol groups is 1. The molecule has 0 saturated carbocycles. The molecule has 0 radical (unpaired) electrons. The maximum Gasteiger partial charge on any atom is 0.331 e. The summed E-state index contributed by atoms with van der Waals surface area (Å²) in [6.45, 7) is 0. The Morgan fingerprint density at radius 3 is 2.71 bits per heavy atom. The van der Waals surface area contributed by atoms with Crippen LogP contribution in [0.1, 0.15) is 0 Å². The minimum atomic E-state index is -0.215. The smallest absolute Gasteiger partial charge is 0.331 e. The summed E-state index contributed by atoms with van der Waals surface area (Å²) in [4.78, 5) is 10.3. The number of hydrogen-bond donors (Lipinski definition) is 1. The minimum Gasteiger partial charge on any atom is -0.394 e. The third-order valence-electron chi connectivity index (χ3n) is 0.686. The summed E-state index contributed by atoms with van der Waals surface area (Å²) in [6.07, 6.45) is 0. The van der Waals surface area contributed by atoms with E-state index in [-0.39, 0.29) is 11.2 Å². The molecule has 1 fully saturated rings. The summed E-state index contributed by atoms with van der Waals surface area (Å²) in [5, 5.41) is 0.0949. The lowest BCUT2D eigenvalue weighted by molar-refractivity contribution is -0.131. The Kier molecular flexibility index (Phi) is 1.49. The van der Waals surface area contributed by atoms with Crippen LogP contribution < -0.4 is 0 Å².